The molecule has 0 saturated carbocycles. The normalized spacial score (nSPS) is 11.3. The summed E-state index contributed by atoms with van der Waals surface area (Å²) in [5.74, 6) is -2.45. The molecule has 0 spiro atoms. The standard InChI is InChI=1S/C19H15F4N5O2S/c1-28-10-24-27-18(28)31-9-16(29)25-12-4-2-3-11(7-12)17(30)26-13-5-6-15(20)14(8-13)19(21,22)23/h2-8,10H,9H2,1H3,(H,25,29)(H,26,30). The van der Waals surface area contributed by atoms with Crippen molar-refractivity contribution >= 4 is 35.0 Å². The highest BCUT2D eigenvalue weighted by Gasteiger charge is 2.34. The van der Waals surface area contributed by atoms with E-state index in [0.717, 1.165) is 6.07 Å². The van der Waals surface area contributed by atoms with E-state index in [2.05, 4.69) is 20.8 Å². The highest BCUT2D eigenvalue weighted by Crippen LogP contribution is 2.33. The number of amides is 2. The molecule has 0 bridgehead atoms. The Balaban J connectivity index is 1.65. The lowest BCUT2D eigenvalue weighted by atomic mass is 10.1. The smallest absolute Gasteiger partial charge is 0.325 e. The summed E-state index contributed by atoms with van der Waals surface area (Å²) in [5, 5.41) is 13.0. The second-order valence-corrected chi connectivity index (χ2v) is 7.23. The topological polar surface area (TPSA) is 88.9 Å². The molecule has 1 heterocycles. The molecule has 0 saturated heterocycles. The summed E-state index contributed by atoms with van der Waals surface area (Å²) < 4.78 is 53.6. The maximum Gasteiger partial charge on any atom is 0.419 e. The summed E-state index contributed by atoms with van der Waals surface area (Å²) in [6, 6.07) is 8.03. The molecule has 3 aromatic rings. The third-order valence-electron chi connectivity index (χ3n) is 3.94. The van der Waals surface area contributed by atoms with Crippen molar-refractivity contribution < 1.29 is 27.2 Å². The Kier molecular flexibility index (Phi) is 6.59. The highest BCUT2D eigenvalue weighted by molar-refractivity contribution is 7.99. The lowest BCUT2D eigenvalue weighted by Gasteiger charge is -2.11. The zero-order valence-electron chi connectivity index (χ0n) is 15.9. The number of aryl methyl sites for hydroxylation is 1. The van der Waals surface area contributed by atoms with Crippen LogP contribution in [0, 0.1) is 5.82 Å². The van der Waals surface area contributed by atoms with Gasteiger partial charge in [0.25, 0.3) is 5.91 Å². The molecule has 2 N–H and O–H groups in total. The van der Waals surface area contributed by atoms with E-state index in [-0.39, 0.29) is 22.9 Å². The van der Waals surface area contributed by atoms with Gasteiger partial charge in [0.2, 0.25) is 5.91 Å². The Morgan fingerprint density at radius 3 is 2.52 bits per heavy atom. The van der Waals surface area contributed by atoms with Crippen LogP contribution >= 0.6 is 11.8 Å². The van der Waals surface area contributed by atoms with Crippen molar-refractivity contribution in [3.8, 4) is 0 Å². The molecule has 162 valence electrons. The number of hydrogen-bond acceptors (Lipinski definition) is 5. The SMILES string of the molecule is Cn1cnnc1SCC(=O)Nc1cccc(C(=O)Nc2ccc(F)c(C(F)(F)F)c2)c1. The molecule has 2 aromatic carbocycles. The molecule has 12 heteroatoms. The minimum atomic E-state index is -4.89. The molecule has 0 fully saturated rings. The molecule has 0 aliphatic carbocycles. The van der Waals surface area contributed by atoms with Gasteiger partial charge in [-0.2, -0.15) is 13.2 Å². The molecule has 0 unspecified atom stereocenters. The first kappa shape index (κ1) is 22.3. The molecule has 0 atom stereocenters. The van der Waals surface area contributed by atoms with Gasteiger partial charge < -0.3 is 15.2 Å². The zero-order valence-corrected chi connectivity index (χ0v) is 16.7. The van der Waals surface area contributed by atoms with E-state index >= 15 is 0 Å². The minimum Gasteiger partial charge on any atom is -0.325 e. The average molecular weight is 453 g/mol. The summed E-state index contributed by atoms with van der Waals surface area (Å²) in [6.07, 6.45) is -3.39. The average Bonchev–Trinajstić information content (AvgIpc) is 3.12. The summed E-state index contributed by atoms with van der Waals surface area (Å²) in [6.45, 7) is 0. The first-order chi connectivity index (χ1) is 14.6. The van der Waals surface area contributed by atoms with Gasteiger partial charge >= 0.3 is 6.18 Å². The highest BCUT2D eigenvalue weighted by atomic mass is 32.2. The van der Waals surface area contributed by atoms with Gasteiger partial charge in [-0.15, -0.1) is 10.2 Å². The molecular formula is C19H15F4N5O2S. The van der Waals surface area contributed by atoms with Gasteiger partial charge in [0.15, 0.2) is 5.16 Å². The molecule has 3 rings (SSSR count). The van der Waals surface area contributed by atoms with Crippen molar-refractivity contribution in [2.24, 2.45) is 7.05 Å². The van der Waals surface area contributed by atoms with Crippen molar-refractivity contribution in [3.05, 3.63) is 65.7 Å². The Hall–Kier alpha value is -3.41. The van der Waals surface area contributed by atoms with E-state index in [1.54, 1.807) is 17.7 Å². The molecule has 0 radical (unpaired) electrons. The fraction of sp³-hybridized carbons (Fsp3) is 0.158. The quantitative estimate of drug-likeness (QED) is 0.436. The maximum absolute atomic E-state index is 13.4. The maximum atomic E-state index is 13.4. The second kappa shape index (κ2) is 9.16. The van der Waals surface area contributed by atoms with Crippen LogP contribution in [0.4, 0.5) is 28.9 Å². The summed E-state index contributed by atoms with van der Waals surface area (Å²) in [4.78, 5) is 24.5. The molecule has 1 aromatic heterocycles. The molecule has 7 nitrogen and oxygen atoms in total. The number of benzene rings is 2. The van der Waals surface area contributed by atoms with Gasteiger partial charge in [-0.3, -0.25) is 9.59 Å². The molecule has 31 heavy (non-hydrogen) atoms. The third-order valence-corrected chi connectivity index (χ3v) is 4.97. The molecule has 0 aliphatic heterocycles. The van der Waals surface area contributed by atoms with Gasteiger partial charge in [-0.1, -0.05) is 17.8 Å². The van der Waals surface area contributed by atoms with Crippen LogP contribution in [0.5, 0.6) is 0 Å². The summed E-state index contributed by atoms with van der Waals surface area (Å²) in [5.41, 5.74) is -1.28. The first-order valence-electron chi connectivity index (χ1n) is 8.68. The van der Waals surface area contributed by atoms with E-state index < -0.39 is 23.5 Å². The van der Waals surface area contributed by atoms with Crippen molar-refractivity contribution in [2.75, 3.05) is 16.4 Å². The largest absolute Gasteiger partial charge is 0.419 e. The van der Waals surface area contributed by atoms with Crippen molar-refractivity contribution in [1.82, 2.24) is 14.8 Å². The number of thioether (sulfide) groups is 1. The van der Waals surface area contributed by atoms with Crippen molar-refractivity contribution in [1.29, 1.82) is 0 Å². The lowest BCUT2D eigenvalue weighted by Crippen LogP contribution is -2.16. The number of carbonyl (C=O) groups is 2. The van der Waals surface area contributed by atoms with Gasteiger partial charge in [-0.05, 0) is 36.4 Å². The van der Waals surface area contributed by atoms with E-state index in [1.807, 2.05) is 0 Å². The zero-order chi connectivity index (χ0) is 22.6. The number of carbonyl (C=O) groups excluding carboxylic acids is 2. The van der Waals surface area contributed by atoms with Crippen LogP contribution in [0.3, 0.4) is 0 Å². The Morgan fingerprint density at radius 2 is 1.84 bits per heavy atom. The van der Waals surface area contributed by atoms with Crippen molar-refractivity contribution in [2.45, 2.75) is 11.3 Å². The lowest BCUT2D eigenvalue weighted by molar-refractivity contribution is -0.139. The molecule has 2 amide bonds. The minimum absolute atomic E-state index is 0.0543. The van der Waals surface area contributed by atoms with Crippen LogP contribution in [0.2, 0.25) is 0 Å². The Labute approximate surface area is 177 Å². The van der Waals surface area contributed by atoms with E-state index in [1.165, 1.54) is 36.3 Å². The van der Waals surface area contributed by atoms with Crippen LogP contribution in [0.25, 0.3) is 0 Å². The van der Waals surface area contributed by atoms with E-state index in [4.69, 9.17) is 0 Å². The number of nitrogens with one attached hydrogen (secondary N) is 2. The fourth-order valence-corrected chi connectivity index (χ4v) is 3.18. The van der Waals surface area contributed by atoms with Crippen LogP contribution < -0.4 is 10.6 Å². The number of rotatable bonds is 6. The summed E-state index contributed by atoms with van der Waals surface area (Å²) in [7, 11) is 1.74. The van der Waals surface area contributed by atoms with Gasteiger partial charge in [0.05, 0.1) is 11.3 Å². The number of nitrogens with zero attached hydrogens (tertiary/aromatic N) is 3. The number of halogens is 4. The van der Waals surface area contributed by atoms with Crippen molar-refractivity contribution in [3.63, 3.8) is 0 Å². The van der Waals surface area contributed by atoms with Crippen LogP contribution in [0.1, 0.15) is 15.9 Å². The number of alkyl halides is 3. The Bertz CT molecular complexity index is 1120. The summed E-state index contributed by atoms with van der Waals surface area (Å²) >= 11 is 1.17. The van der Waals surface area contributed by atoms with Crippen LogP contribution in [-0.4, -0.2) is 32.3 Å². The number of hydrogen-bond donors (Lipinski definition) is 2. The van der Waals surface area contributed by atoms with Gasteiger partial charge in [0, 0.05) is 24.0 Å². The third kappa shape index (κ3) is 5.81. The van der Waals surface area contributed by atoms with Gasteiger partial charge in [0.1, 0.15) is 12.1 Å². The second-order valence-electron chi connectivity index (χ2n) is 6.29. The van der Waals surface area contributed by atoms with E-state index in [0.29, 0.717) is 23.0 Å². The fourth-order valence-electron chi connectivity index (χ4n) is 2.49. The van der Waals surface area contributed by atoms with Crippen LogP contribution in [0.15, 0.2) is 53.9 Å². The predicted molar refractivity (Wildman–Crippen MR) is 106 cm³/mol. The predicted octanol–water partition coefficient (Wildman–Crippen LogP) is 3.96. The van der Waals surface area contributed by atoms with Gasteiger partial charge in [-0.25, -0.2) is 4.39 Å². The first-order valence-corrected chi connectivity index (χ1v) is 9.67. The Morgan fingerprint density at radius 1 is 1.10 bits per heavy atom. The van der Waals surface area contributed by atoms with Crippen LogP contribution in [-0.2, 0) is 18.0 Å². The monoisotopic (exact) mass is 453 g/mol. The number of aromatic nitrogens is 3. The molecular weight excluding hydrogens is 438 g/mol. The van der Waals surface area contributed by atoms with E-state index in [9.17, 15) is 27.2 Å². The molecule has 0 aliphatic rings. The number of anilines is 2.